The van der Waals surface area contributed by atoms with Gasteiger partial charge in [0.2, 0.25) is 0 Å². The van der Waals surface area contributed by atoms with E-state index in [4.69, 9.17) is 5.11 Å². The van der Waals surface area contributed by atoms with E-state index in [2.05, 4.69) is 15.6 Å². The number of amides is 2. The van der Waals surface area contributed by atoms with Crippen LogP contribution in [0.15, 0.2) is 18.3 Å². The Bertz CT molecular complexity index is 401. The second kappa shape index (κ2) is 5.83. The average molecular weight is 237 g/mol. The molecule has 1 heterocycles. The van der Waals surface area contributed by atoms with Gasteiger partial charge in [0.15, 0.2) is 0 Å². The number of pyridine rings is 1. The van der Waals surface area contributed by atoms with Gasteiger partial charge in [0.25, 0.3) is 0 Å². The second-order valence-electron chi connectivity index (χ2n) is 3.97. The minimum absolute atomic E-state index is 0.0573. The Hall–Kier alpha value is -2.11. The van der Waals surface area contributed by atoms with Crippen molar-refractivity contribution in [2.75, 3.05) is 11.9 Å². The van der Waals surface area contributed by atoms with Gasteiger partial charge in [0, 0.05) is 6.54 Å². The smallest absolute Gasteiger partial charge is 0.354 e. The Morgan fingerprint density at radius 1 is 1.41 bits per heavy atom. The first-order chi connectivity index (χ1) is 7.99. The molecule has 0 unspecified atom stereocenters. The molecule has 0 aliphatic heterocycles. The molecule has 92 valence electrons. The number of hydrogen-bond acceptors (Lipinski definition) is 3. The Morgan fingerprint density at radius 3 is 2.59 bits per heavy atom. The van der Waals surface area contributed by atoms with Crippen LogP contribution in [-0.4, -0.2) is 28.6 Å². The molecule has 17 heavy (non-hydrogen) atoms. The Balaban J connectivity index is 2.51. The highest BCUT2D eigenvalue weighted by Crippen LogP contribution is 2.05. The lowest BCUT2D eigenvalue weighted by Crippen LogP contribution is -2.31. The summed E-state index contributed by atoms with van der Waals surface area (Å²) < 4.78 is 0. The highest BCUT2D eigenvalue weighted by atomic mass is 16.4. The zero-order valence-corrected chi connectivity index (χ0v) is 9.73. The van der Waals surface area contributed by atoms with Crippen LogP contribution < -0.4 is 10.6 Å². The largest absolute Gasteiger partial charge is 0.477 e. The topological polar surface area (TPSA) is 91.3 Å². The fourth-order valence-corrected chi connectivity index (χ4v) is 1.07. The van der Waals surface area contributed by atoms with Crippen molar-refractivity contribution in [1.29, 1.82) is 0 Å². The Kier molecular flexibility index (Phi) is 4.45. The summed E-state index contributed by atoms with van der Waals surface area (Å²) in [6.07, 6.45) is 1.30. The predicted molar refractivity (Wildman–Crippen MR) is 63.1 cm³/mol. The summed E-state index contributed by atoms with van der Waals surface area (Å²) in [6, 6.07) is 2.50. The lowest BCUT2D eigenvalue weighted by molar-refractivity contribution is 0.0690. The summed E-state index contributed by atoms with van der Waals surface area (Å²) in [5.41, 5.74) is 0.398. The number of nitrogens with one attached hydrogen (secondary N) is 2. The molecule has 6 nitrogen and oxygen atoms in total. The number of aromatic nitrogens is 1. The number of carbonyl (C=O) groups is 2. The van der Waals surface area contributed by atoms with E-state index in [1.54, 1.807) is 0 Å². The lowest BCUT2D eigenvalue weighted by Gasteiger charge is -2.09. The minimum atomic E-state index is -1.10. The summed E-state index contributed by atoms with van der Waals surface area (Å²) in [4.78, 5) is 25.6. The maximum atomic E-state index is 11.4. The molecule has 1 aromatic rings. The first-order valence-electron chi connectivity index (χ1n) is 5.23. The van der Waals surface area contributed by atoms with Gasteiger partial charge in [0.1, 0.15) is 5.69 Å². The van der Waals surface area contributed by atoms with Crippen LogP contribution in [0.25, 0.3) is 0 Å². The Labute approximate surface area is 99.1 Å². The molecule has 0 aromatic carbocycles. The molecule has 0 radical (unpaired) electrons. The SMILES string of the molecule is CC(C)CNC(=O)Nc1ccc(C(=O)O)nc1. The number of nitrogens with zero attached hydrogens (tertiary/aromatic N) is 1. The highest BCUT2D eigenvalue weighted by molar-refractivity contribution is 5.90. The van der Waals surface area contributed by atoms with Gasteiger partial charge in [-0.05, 0) is 18.1 Å². The number of anilines is 1. The Morgan fingerprint density at radius 2 is 2.12 bits per heavy atom. The molecular weight excluding hydrogens is 222 g/mol. The van der Waals surface area contributed by atoms with Gasteiger partial charge in [-0.1, -0.05) is 13.8 Å². The van der Waals surface area contributed by atoms with E-state index in [1.165, 1.54) is 18.3 Å². The van der Waals surface area contributed by atoms with Crippen molar-refractivity contribution in [1.82, 2.24) is 10.3 Å². The number of carbonyl (C=O) groups excluding carboxylic acids is 1. The molecule has 0 saturated heterocycles. The molecule has 0 atom stereocenters. The number of rotatable bonds is 4. The van der Waals surface area contributed by atoms with E-state index in [1.807, 2.05) is 13.8 Å². The summed E-state index contributed by atoms with van der Waals surface area (Å²) in [6.45, 7) is 4.56. The molecule has 1 rings (SSSR count). The molecule has 0 spiro atoms. The zero-order chi connectivity index (χ0) is 12.8. The van der Waals surface area contributed by atoms with Gasteiger partial charge in [0.05, 0.1) is 11.9 Å². The van der Waals surface area contributed by atoms with E-state index in [0.717, 1.165) is 0 Å². The van der Waals surface area contributed by atoms with E-state index >= 15 is 0 Å². The summed E-state index contributed by atoms with van der Waals surface area (Å²) in [5, 5.41) is 13.9. The zero-order valence-electron chi connectivity index (χ0n) is 9.73. The van der Waals surface area contributed by atoms with Gasteiger partial charge in [-0.25, -0.2) is 14.6 Å². The van der Waals surface area contributed by atoms with Crippen molar-refractivity contribution < 1.29 is 14.7 Å². The quantitative estimate of drug-likeness (QED) is 0.741. The number of hydrogen-bond donors (Lipinski definition) is 3. The van der Waals surface area contributed by atoms with Gasteiger partial charge in [-0.2, -0.15) is 0 Å². The van der Waals surface area contributed by atoms with Crippen LogP contribution >= 0.6 is 0 Å². The van der Waals surface area contributed by atoms with Gasteiger partial charge >= 0.3 is 12.0 Å². The van der Waals surface area contributed by atoms with Crippen LogP contribution in [0.4, 0.5) is 10.5 Å². The van der Waals surface area contributed by atoms with Crippen molar-refractivity contribution in [3.63, 3.8) is 0 Å². The fraction of sp³-hybridized carbons (Fsp3) is 0.364. The van der Waals surface area contributed by atoms with Crippen molar-refractivity contribution in [2.24, 2.45) is 5.92 Å². The number of aromatic carboxylic acids is 1. The van der Waals surface area contributed by atoms with Crippen LogP contribution in [-0.2, 0) is 0 Å². The highest BCUT2D eigenvalue weighted by Gasteiger charge is 2.05. The normalized spacial score (nSPS) is 10.1. The summed E-state index contributed by atoms with van der Waals surface area (Å²) in [5.74, 6) is -0.728. The van der Waals surface area contributed by atoms with Gasteiger partial charge in [-0.3, -0.25) is 0 Å². The van der Waals surface area contributed by atoms with Crippen LogP contribution in [0.5, 0.6) is 0 Å². The standard InChI is InChI=1S/C11H15N3O3/c1-7(2)5-13-11(17)14-8-3-4-9(10(15)16)12-6-8/h3-4,6-7H,5H2,1-2H3,(H,15,16)(H2,13,14,17). The van der Waals surface area contributed by atoms with Crippen LogP contribution in [0.2, 0.25) is 0 Å². The van der Waals surface area contributed by atoms with Crippen molar-refractivity contribution >= 4 is 17.7 Å². The van der Waals surface area contributed by atoms with Gasteiger partial charge < -0.3 is 15.7 Å². The number of urea groups is 1. The third kappa shape index (κ3) is 4.50. The van der Waals surface area contributed by atoms with Crippen molar-refractivity contribution in [3.05, 3.63) is 24.0 Å². The molecule has 6 heteroatoms. The van der Waals surface area contributed by atoms with Crippen molar-refractivity contribution in [2.45, 2.75) is 13.8 Å². The third-order valence-corrected chi connectivity index (χ3v) is 1.91. The average Bonchev–Trinajstić information content (AvgIpc) is 2.27. The molecule has 2 amide bonds. The maximum absolute atomic E-state index is 11.4. The van der Waals surface area contributed by atoms with E-state index in [0.29, 0.717) is 18.2 Å². The minimum Gasteiger partial charge on any atom is -0.477 e. The molecule has 0 bridgehead atoms. The van der Waals surface area contributed by atoms with Gasteiger partial charge in [-0.15, -0.1) is 0 Å². The van der Waals surface area contributed by atoms with Crippen LogP contribution in [0.3, 0.4) is 0 Å². The summed E-state index contributed by atoms with van der Waals surface area (Å²) >= 11 is 0. The van der Waals surface area contributed by atoms with Crippen LogP contribution in [0, 0.1) is 5.92 Å². The lowest BCUT2D eigenvalue weighted by atomic mass is 10.2. The van der Waals surface area contributed by atoms with E-state index < -0.39 is 5.97 Å². The monoisotopic (exact) mass is 237 g/mol. The maximum Gasteiger partial charge on any atom is 0.354 e. The molecule has 0 aliphatic carbocycles. The second-order valence-corrected chi connectivity index (χ2v) is 3.97. The first-order valence-corrected chi connectivity index (χ1v) is 5.23. The number of carboxylic acids is 1. The van der Waals surface area contributed by atoms with E-state index in [9.17, 15) is 9.59 Å². The first kappa shape index (κ1) is 13.0. The molecule has 3 N–H and O–H groups in total. The molecular formula is C11H15N3O3. The number of carboxylic acid groups (broad SMARTS) is 1. The molecule has 0 fully saturated rings. The molecule has 1 aromatic heterocycles. The van der Waals surface area contributed by atoms with Crippen LogP contribution in [0.1, 0.15) is 24.3 Å². The third-order valence-electron chi connectivity index (χ3n) is 1.91. The summed E-state index contributed by atoms with van der Waals surface area (Å²) in [7, 11) is 0. The molecule has 0 aliphatic rings. The van der Waals surface area contributed by atoms with Crippen molar-refractivity contribution in [3.8, 4) is 0 Å². The fourth-order valence-electron chi connectivity index (χ4n) is 1.07. The predicted octanol–water partition coefficient (Wildman–Crippen LogP) is 1.56. The molecule has 0 saturated carbocycles. The van der Waals surface area contributed by atoms with E-state index in [-0.39, 0.29) is 11.7 Å².